The van der Waals surface area contributed by atoms with Gasteiger partial charge in [-0.25, -0.2) is 13.6 Å². The summed E-state index contributed by atoms with van der Waals surface area (Å²) in [6, 6.07) is 8.43. The zero-order valence-electron chi connectivity index (χ0n) is 10.7. The first-order valence-corrected chi connectivity index (χ1v) is 5.85. The van der Waals surface area contributed by atoms with Gasteiger partial charge in [0.15, 0.2) is 11.6 Å². The zero-order chi connectivity index (χ0) is 14.7. The van der Waals surface area contributed by atoms with Crippen molar-refractivity contribution in [2.45, 2.75) is 6.92 Å². The molecule has 0 saturated heterocycles. The van der Waals surface area contributed by atoms with Crippen molar-refractivity contribution in [1.82, 2.24) is 0 Å². The van der Waals surface area contributed by atoms with E-state index in [0.29, 0.717) is 5.69 Å². The van der Waals surface area contributed by atoms with Crippen molar-refractivity contribution in [3.05, 3.63) is 53.6 Å². The van der Waals surface area contributed by atoms with Gasteiger partial charge in [0.1, 0.15) is 5.69 Å². The van der Waals surface area contributed by atoms with Gasteiger partial charge in [-0.05, 0) is 36.8 Å². The van der Waals surface area contributed by atoms with E-state index in [1.807, 2.05) is 13.0 Å². The molecule has 2 rings (SSSR count). The van der Waals surface area contributed by atoms with E-state index in [-0.39, 0.29) is 11.4 Å². The van der Waals surface area contributed by atoms with Crippen LogP contribution in [-0.2, 0) is 0 Å². The molecule has 6 heteroatoms. The maximum absolute atomic E-state index is 13.5. The van der Waals surface area contributed by atoms with Gasteiger partial charge < -0.3 is 16.4 Å². The minimum Gasteiger partial charge on any atom is -0.397 e. The first-order chi connectivity index (χ1) is 9.47. The van der Waals surface area contributed by atoms with E-state index < -0.39 is 17.7 Å². The van der Waals surface area contributed by atoms with Crippen molar-refractivity contribution >= 4 is 23.1 Å². The third-order valence-corrected chi connectivity index (χ3v) is 2.64. The van der Waals surface area contributed by atoms with Crippen molar-refractivity contribution in [3.63, 3.8) is 0 Å². The summed E-state index contributed by atoms with van der Waals surface area (Å²) >= 11 is 0. The third-order valence-electron chi connectivity index (χ3n) is 2.64. The molecule has 2 amide bonds. The molecule has 2 aromatic rings. The molecule has 2 aromatic carbocycles. The summed E-state index contributed by atoms with van der Waals surface area (Å²) in [6.07, 6.45) is 0. The average Bonchev–Trinajstić information content (AvgIpc) is 2.39. The number of amides is 2. The number of urea groups is 1. The molecule has 0 heterocycles. The molecular weight excluding hydrogens is 264 g/mol. The van der Waals surface area contributed by atoms with E-state index in [0.717, 1.165) is 11.6 Å². The van der Waals surface area contributed by atoms with E-state index in [2.05, 4.69) is 10.6 Å². The third kappa shape index (κ3) is 3.03. The zero-order valence-corrected chi connectivity index (χ0v) is 10.7. The van der Waals surface area contributed by atoms with Crippen molar-refractivity contribution in [3.8, 4) is 0 Å². The average molecular weight is 277 g/mol. The topological polar surface area (TPSA) is 67.2 Å². The minimum atomic E-state index is -1.19. The standard InChI is InChI=1S/C14H13F2N3O/c1-8-3-2-4-9(7-8)18-14(20)19-13-11(17)6-5-10(15)12(13)16/h2-7H,17H2,1H3,(H2,18,19,20). The molecule has 0 radical (unpaired) electrons. The first kappa shape index (κ1) is 13.8. The predicted octanol–water partition coefficient (Wildman–Crippen LogP) is 3.50. The number of carbonyl (C=O) groups is 1. The van der Waals surface area contributed by atoms with E-state index in [9.17, 15) is 13.6 Å². The summed E-state index contributed by atoms with van der Waals surface area (Å²) in [7, 11) is 0. The predicted molar refractivity (Wildman–Crippen MR) is 74.6 cm³/mol. The second kappa shape index (κ2) is 5.56. The van der Waals surface area contributed by atoms with Crippen LogP contribution in [0.5, 0.6) is 0 Å². The summed E-state index contributed by atoms with van der Waals surface area (Å²) in [6.45, 7) is 1.87. The summed E-state index contributed by atoms with van der Waals surface area (Å²) in [5.41, 5.74) is 6.57. The van der Waals surface area contributed by atoms with Gasteiger partial charge in [-0.1, -0.05) is 12.1 Å². The molecule has 0 aliphatic heterocycles. The van der Waals surface area contributed by atoms with Gasteiger partial charge >= 0.3 is 6.03 Å². The molecule has 0 fully saturated rings. The van der Waals surface area contributed by atoms with Gasteiger partial charge in [-0.3, -0.25) is 0 Å². The fraction of sp³-hybridized carbons (Fsp3) is 0.0714. The Hall–Kier alpha value is -2.63. The van der Waals surface area contributed by atoms with Crippen molar-refractivity contribution < 1.29 is 13.6 Å². The molecule has 0 aromatic heterocycles. The van der Waals surface area contributed by atoms with Gasteiger partial charge in [0.25, 0.3) is 0 Å². The molecule has 0 bridgehead atoms. The Morgan fingerprint density at radius 1 is 1.15 bits per heavy atom. The van der Waals surface area contributed by atoms with Gasteiger partial charge in [0.2, 0.25) is 0 Å². The van der Waals surface area contributed by atoms with Crippen LogP contribution in [0, 0.1) is 18.6 Å². The van der Waals surface area contributed by atoms with Crippen LogP contribution in [0.4, 0.5) is 30.6 Å². The SMILES string of the molecule is Cc1cccc(NC(=O)Nc2c(N)ccc(F)c2F)c1. The second-order valence-corrected chi connectivity index (χ2v) is 4.27. The molecule has 0 unspecified atom stereocenters. The van der Waals surface area contributed by atoms with Gasteiger partial charge in [0, 0.05) is 5.69 Å². The number of hydrogen-bond acceptors (Lipinski definition) is 2. The van der Waals surface area contributed by atoms with Gasteiger partial charge in [0.05, 0.1) is 5.69 Å². The van der Waals surface area contributed by atoms with Crippen LogP contribution >= 0.6 is 0 Å². The maximum Gasteiger partial charge on any atom is 0.323 e. The lowest BCUT2D eigenvalue weighted by Crippen LogP contribution is -2.21. The summed E-state index contributed by atoms with van der Waals surface area (Å²) in [5, 5.41) is 4.71. The number of carbonyl (C=O) groups excluding carboxylic acids is 1. The molecule has 0 aliphatic carbocycles. The number of aryl methyl sites for hydroxylation is 1. The smallest absolute Gasteiger partial charge is 0.323 e. The highest BCUT2D eigenvalue weighted by Gasteiger charge is 2.14. The Balaban J connectivity index is 2.15. The molecular formula is C14H13F2N3O. The molecule has 0 atom stereocenters. The van der Waals surface area contributed by atoms with E-state index >= 15 is 0 Å². The van der Waals surface area contributed by atoms with E-state index in [4.69, 9.17) is 5.73 Å². The Labute approximate surface area is 114 Å². The number of nitrogen functional groups attached to an aromatic ring is 1. The van der Waals surface area contributed by atoms with Crippen molar-refractivity contribution in [2.24, 2.45) is 0 Å². The lowest BCUT2D eigenvalue weighted by Gasteiger charge is -2.11. The molecule has 0 aliphatic rings. The van der Waals surface area contributed by atoms with Gasteiger partial charge in [-0.15, -0.1) is 0 Å². The van der Waals surface area contributed by atoms with Crippen LogP contribution < -0.4 is 16.4 Å². The van der Waals surface area contributed by atoms with Crippen molar-refractivity contribution in [1.29, 1.82) is 0 Å². The van der Waals surface area contributed by atoms with Crippen LogP contribution in [0.3, 0.4) is 0 Å². The van der Waals surface area contributed by atoms with Gasteiger partial charge in [-0.2, -0.15) is 0 Å². The maximum atomic E-state index is 13.5. The number of nitrogens with one attached hydrogen (secondary N) is 2. The Bertz CT molecular complexity index is 659. The number of benzene rings is 2. The van der Waals surface area contributed by atoms with Crippen LogP contribution in [0.2, 0.25) is 0 Å². The first-order valence-electron chi connectivity index (χ1n) is 5.85. The molecule has 4 nitrogen and oxygen atoms in total. The molecule has 4 N–H and O–H groups in total. The normalized spacial score (nSPS) is 10.2. The molecule has 0 spiro atoms. The number of anilines is 3. The van der Waals surface area contributed by atoms with Crippen molar-refractivity contribution in [2.75, 3.05) is 16.4 Å². The summed E-state index contributed by atoms with van der Waals surface area (Å²) in [4.78, 5) is 11.7. The quantitative estimate of drug-likeness (QED) is 0.735. The highest BCUT2D eigenvalue weighted by molar-refractivity contribution is 6.01. The van der Waals surface area contributed by atoms with Crippen LogP contribution in [0.15, 0.2) is 36.4 Å². The fourth-order valence-corrected chi connectivity index (χ4v) is 1.69. The Kier molecular flexibility index (Phi) is 3.84. The van der Waals surface area contributed by atoms with Crippen LogP contribution in [-0.4, -0.2) is 6.03 Å². The largest absolute Gasteiger partial charge is 0.397 e. The lowest BCUT2D eigenvalue weighted by atomic mass is 10.2. The number of nitrogens with two attached hydrogens (primary N) is 1. The number of rotatable bonds is 2. The van der Waals surface area contributed by atoms with E-state index in [1.54, 1.807) is 18.2 Å². The Morgan fingerprint density at radius 2 is 1.90 bits per heavy atom. The second-order valence-electron chi connectivity index (χ2n) is 4.27. The highest BCUT2D eigenvalue weighted by Crippen LogP contribution is 2.24. The Morgan fingerprint density at radius 3 is 2.60 bits per heavy atom. The highest BCUT2D eigenvalue weighted by atomic mass is 19.2. The summed E-state index contributed by atoms with van der Waals surface area (Å²) in [5.74, 6) is -2.27. The minimum absolute atomic E-state index is 0.0525. The van der Waals surface area contributed by atoms with Crippen LogP contribution in [0.25, 0.3) is 0 Å². The molecule has 0 saturated carbocycles. The number of hydrogen-bond donors (Lipinski definition) is 3. The molecule has 104 valence electrons. The molecule has 20 heavy (non-hydrogen) atoms. The number of halogens is 2. The van der Waals surface area contributed by atoms with E-state index in [1.165, 1.54) is 6.07 Å². The lowest BCUT2D eigenvalue weighted by molar-refractivity contribution is 0.262. The monoisotopic (exact) mass is 277 g/mol. The summed E-state index contributed by atoms with van der Waals surface area (Å²) < 4.78 is 26.6. The van der Waals surface area contributed by atoms with Crippen LogP contribution in [0.1, 0.15) is 5.56 Å². The fourth-order valence-electron chi connectivity index (χ4n) is 1.69.